The summed E-state index contributed by atoms with van der Waals surface area (Å²) in [5, 5.41) is 0.496. The van der Waals surface area contributed by atoms with E-state index in [1.165, 1.54) is 18.2 Å². The Labute approximate surface area is 160 Å². The standard InChI is InChI=1S/C20H16ClN3O3/c1-12-3-2-4-14(11-12)17-10-9-16(19(26)22-17)20(27)24-23-18(25)13-5-7-15(21)8-6-13/h2-11H,1H3,(H,22,26)(H,23,25)(H,24,27). The first-order chi connectivity index (χ1) is 12.9. The molecular weight excluding hydrogens is 366 g/mol. The van der Waals surface area contributed by atoms with Gasteiger partial charge in [-0.05, 0) is 55.0 Å². The Kier molecular flexibility index (Phi) is 5.38. The lowest BCUT2D eigenvalue weighted by molar-refractivity contribution is 0.0846. The fourth-order valence-electron chi connectivity index (χ4n) is 2.49. The van der Waals surface area contributed by atoms with Crippen LogP contribution >= 0.6 is 11.6 Å². The highest BCUT2D eigenvalue weighted by Crippen LogP contribution is 2.17. The van der Waals surface area contributed by atoms with E-state index in [9.17, 15) is 14.4 Å². The smallest absolute Gasteiger partial charge is 0.275 e. The lowest BCUT2D eigenvalue weighted by Gasteiger charge is -2.08. The molecule has 1 aromatic heterocycles. The number of aromatic amines is 1. The zero-order chi connectivity index (χ0) is 19.4. The molecule has 0 unspecified atom stereocenters. The maximum atomic E-state index is 12.2. The maximum Gasteiger partial charge on any atom is 0.275 e. The van der Waals surface area contributed by atoms with Crippen LogP contribution in [0.4, 0.5) is 0 Å². The first kappa shape index (κ1) is 18.4. The normalized spacial score (nSPS) is 10.3. The van der Waals surface area contributed by atoms with Gasteiger partial charge in [0.2, 0.25) is 0 Å². The molecule has 0 atom stereocenters. The summed E-state index contributed by atoms with van der Waals surface area (Å²) in [5.41, 5.74) is 6.66. The van der Waals surface area contributed by atoms with Gasteiger partial charge >= 0.3 is 0 Å². The third-order valence-corrected chi connectivity index (χ3v) is 4.13. The van der Waals surface area contributed by atoms with Crippen LogP contribution in [0.25, 0.3) is 11.3 Å². The van der Waals surface area contributed by atoms with Crippen molar-refractivity contribution in [3.05, 3.63) is 92.7 Å². The zero-order valence-electron chi connectivity index (χ0n) is 14.4. The van der Waals surface area contributed by atoms with Gasteiger partial charge in [-0.3, -0.25) is 25.2 Å². The molecule has 136 valence electrons. The Balaban J connectivity index is 1.71. The average Bonchev–Trinajstić information content (AvgIpc) is 2.66. The van der Waals surface area contributed by atoms with E-state index in [0.29, 0.717) is 16.3 Å². The van der Waals surface area contributed by atoms with Gasteiger partial charge in [-0.2, -0.15) is 0 Å². The van der Waals surface area contributed by atoms with E-state index in [4.69, 9.17) is 11.6 Å². The molecule has 7 heteroatoms. The summed E-state index contributed by atoms with van der Waals surface area (Å²) >= 11 is 5.77. The van der Waals surface area contributed by atoms with Crippen LogP contribution in [-0.2, 0) is 0 Å². The van der Waals surface area contributed by atoms with Gasteiger partial charge in [0.05, 0.1) is 0 Å². The highest BCUT2D eigenvalue weighted by molar-refractivity contribution is 6.30. The number of hydrogen-bond donors (Lipinski definition) is 3. The van der Waals surface area contributed by atoms with Crippen molar-refractivity contribution in [1.29, 1.82) is 0 Å². The van der Waals surface area contributed by atoms with Crippen LogP contribution in [-0.4, -0.2) is 16.8 Å². The molecule has 27 heavy (non-hydrogen) atoms. The van der Waals surface area contributed by atoms with E-state index in [1.807, 2.05) is 31.2 Å². The molecule has 6 nitrogen and oxygen atoms in total. The Morgan fingerprint density at radius 1 is 0.926 bits per heavy atom. The minimum Gasteiger partial charge on any atom is -0.321 e. The van der Waals surface area contributed by atoms with E-state index >= 15 is 0 Å². The van der Waals surface area contributed by atoms with Crippen LogP contribution in [0, 0.1) is 6.92 Å². The van der Waals surface area contributed by atoms with Crippen LogP contribution in [0.3, 0.4) is 0 Å². The fraction of sp³-hybridized carbons (Fsp3) is 0.0500. The second kappa shape index (κ2) is 7.88. The summed E-state index contributed by atoms with van der Waals surface area (Å²) in [6, 6.07) is 16.9. The van der Waals surface area contributed by atoms with Gasteiger partial charge in [-0.15, -0.1) is 0 Å². The molecule has 2 aromatic carbocycles. The van der Waals surface area contributed by atoms with Gasteiger partial charge in [0.15, 0.2) is 0 Å². The van der Waals surface area contributed by atoms with Crippen molar-refractivity contribution < 1.29 is 9.59 Å². The van der Waals surface area contributed by atoms with Crippen molar-refractivity contribution in [3.8, 4) is 11.3 Å². The number of nitrogens with one attached hydrogen (secondary N) is 3. The molecular formula is C20H16ClN3O3. The number of pyridine rings is 1. The molecule has 0 radical (unpaired) electrons. The van der Waals surface area contributed by atoms with Crippen LogP contribution < -0.4 is 16.4 Å². The van der Waals surface area contributed by atoms with Crippen LogP contribution in [0.1, 0.15) is 26.3 Å². The number of H-pyrrole nitrogens is 1. The van der Waals surface area contributed by atoms with E-state index in [1.54, 1.807) is 18.2 Å². The number of hydrogen-bond acceptors (Lipinski definition) is 3. The maximum absolute atomic E-state index is 12.2. The van der Waals surface area contributed by atoms with E-state index < -0.39 is 17.4 Å². The fourth-order valence-corrected chi connectivity index (χ4v) is 2.61. The molecule has 2 amide bonds. The van der Waals surface area contributed by atoms with Crippen LogP contribution in [0.15, 0.2) is 65.5 Å². The van der Waals surface area contributed by atoms with Gasteiger partial charge in [0, 0.05) is 16.3 Å². The third-order valence-electron chi connectivity index (χ3n) is 3.88. The summed E-state index contributed by atoms with van der Waals surface area (Å²) in [5.74, 6) is -1.23. The first-order valence-electron chi connectivity index (χ1n) is 8.10. The zero-order valence-corrected chi connectivity index (χ0v) is 15.1. The van der Waals surface area contributed by atoms with E-state index in [0.717, 1.165) is 11.1 Å². The number of aryl methyl sites for hydroxylation is 1. The van der Waals surface area contributed by atoms with Crippen molar-refractivity contribution in [2.75, 3.05) is 0 Å². The summed E-state index contributed by atoms with van der Waals surface area (Å²) in [6.07, 6.45) is 0. The summed E-state index contributed by atoms with van der Waals surface area (Å²) in [7, 11) is 0. The highest BCUT2D eigenvalue weighted by Gasteiger charge is 2.13. The number of aromatic nitrogens is 1. The van der Waals surface area contributed by atoms with E-state index in [2.05, 4.69) is 15.8 Å². The molecule has 0 aliphatic heterocycles. The van der Waals surface area contributed by atoms with Crippen molar-refractivity contribution in [2.24, 2.45) is 0 Å². The number of hydrazine groups is 1. The van der Waals surface area contributed by atoms with Crippen molar-refractivity contribution in [3.63, 3.8) is 0 Å². The molecule has 0 saturated heterocycles. The van der Waals surface area contributed by atoms with Crippen molar-refractivity contribution >= 4 is 23.4 Å². The monoisotopic (exact) mass is 381 g/mol. The van der Waals surface area contributed by atoms with Crippen LogP contribution in [0.2, 0.25) is 5.02 Å². The molecule has 0 spiro atoms. The Bertz CT molecular complexity index is 1060. The second-order valence-electron chi connectivity index (χ2n) is 5.90. The molecule has 0 aliphatic rings. The summed E-state index contributed by atoms with van der Waals surface area (Å²) in [4.78, 5) is 39.1. The van der Waals surface area contributed by atoms with Crippen molar-refractivity contribution in [2.45, 2.75) is 6.92 Å². The van der Waals surface area contributed by atoms with Gasteiger partial charge in [0.1, 0.15) is 5.56 Å². The minimum absolute atomic E-state index is 0.109. The molecule has 3 aromatic rings. The number of carbonyl (C=O) groups excluding carboxylic acids is 2. The quantitative estimate of drug-likeness (QED) is 0.609. The third kappa shape index (κ3) is 4.43. The van der Waals surface area contributed by atoms with Gasteiger partial charge in [-0.1, -0.05) is 35.4 Å². The topological polar surface area (TPSA) is 91.1 Å². The molecule has 0 fully saturated rings. The number of amides is 2. The number of carbonyl (C=O) groups is 2. The van der Waals surface area contributed by atoms with E-state index in [-0.39, 0.29) is 5.56 Å². The Morgan fingerprint density at radius 2 is 1.63 bits per heavy atom. The van der Waals surface area contributed by atoms with Gasteiger partial charge in [-0.25, -0.2) is 0 Å². The predicted molar refractivity (Wildman–Crippen MR) is 104 cm³/mol. The molecule has 0 bridgehead atoms. The lowest BCUT2D eigenvalue weighted by Crippen LogP contribution is -2.43. The number of rotatable bonds is 3. The lowest BCUT2D eigenvalue weighted by atomic mass is 10.1. The predicted octanol–water partition coefficient (Wildman–Crippen LogP) is 3.08. The van der Waals surface area contributed by atoms with Gasteiger partial charge < -0.3 is 4.98 Å². The molecule has 0 saturated carbocycles. The SMILES string of the molecule is Cc1cccc(-c2ccc(C(=O)NNC(=O)c3ccc(Cl)cc3)c(=O)[nH]2)c1. The summed E-state index contributed by atoms with van der Waals surface area (Å²) in [6.45, 7) is 1.95. The Morgan fingerprint density at radius 3 is 2.30 bits per heavy atom. The first-order valence-corrected chi connectivity index (χ1v) is 8.48. The van der Waals surface area contributed by atoms with Crippen LogP contribution in [0.5, 0.6) is 0 Å². The van der Waals surface area contributed by atoms with Crippen molar-refractivity contribution in [1.82, 2.24) is 15.8 Å². The largest absolute Gasteiger partial charge is 0.321 e. The average molecular weight is 382 g/mol. The molecule has 3 N–H and O–H groups in total. The molecule has 1 heterocycles. The van der Waals surface area contributed by atoms with Gasteiger partial charge in [0.25, 0.3) is 17.4 Å². The second-order valence-corrected chi connectivity index (χ2v) is 6.34. The number of benzene rings is 2. The molecule has 0 aliphatic carbocycles. The molecule has 3 rings (SSSR count). The highest BCUT2D eigenvalue weighted by atomic mass is 35.5. The minimum atomic E-state index is -0.714. The number of halogens is 1. The summed E-state index contributed by atoms with van der Waals surface area (Å²) < 4.78 is 0. The Hall–Kier alpha value is -3.38.